The van der Waals surface area contributed by atoms with Gasteiger partial charge in [-0.3, -0.25) is 4.79 Å². The maximum absolute atomic E-state index is 11.7. The largest absolute Gasteiger partial charge is 0.369 e. The highest BCUT2D eigenvalue weighted by atomic mass is 35.5. The summed E-state index contributed by atoms with van der Waals surface area (Å²) in [5.74, 6) is -0.673. The Balaban J connectivity index is 2.28. The molecule has 0 radical (unpaired) electrons. The molecule has 0 spiro atoms. The summed E-state index contributed by atoms with van der Waals surface area (Å²) in [6.07, 6.45) is 3.21. The lowest BCUT2D eigenvalue weighted by Gasteiger charge is -2.29. The Morgan fingerprint density at radius 3 is 2.67 bits per heavy atom. The molecular formula is C13H16Cl2N2O. The molecule has 1 aromatic rings. The molecule has 0 aromatic heterocycles. The molecular weight excluding hydrogens is 271 g/mol. The molecule has 1 aromatic carbocycles. The molecule has 0 aliphatic carbocycles. The Morgan fingerprint density at radius 2 is 2.11 bits per heavy atom. The fraction of sp³-hybridized carbons (Fsp3) is 0.462. The topological polar surface area (TPSA) is 55.1 Å². The van der Waals surface area contributed by atoms with Gasteiger partial charge in [-0.05, 0) is 37.1 Å². The molecule has 2 atom stereocenters. The lowest BCUT2D eigenvalue weighted by atomic mass is 9.86. The second-order valence-electron chi connectivity index (χ2n) is 4.61. The number of amides is 1. The van der Waals surface area contributed by atoms with E-state index in [1.165, 1.54) is 0 Å². The van der Waals surface area contributed by atoms with Gasteiger partial charge in [-0.2, -0.15) is 0 Å². The molecule has 0 saturated carbocycles. The summed E-state index contributed by atoms with van der Waals surface area (Å²) in [5.41, 5.74) is 6.36. The summed E-state index contributed by atoms with van der Waals surface area (Å²) in [5, 5.41) is 4.30. The van der Waals surface area contributed by atoms with Crippen molar-refractivity contribution in [1.29, 1.82) is 0 Å². The molecule has 1 heterocycles. The molecule has 5 heteroatoms. The molecule has 1 amide bonds. The zero-order valence-electron chi connectivity index (χ0n) is 9.96. The smallest absolute Gasteiger partial charge is 0.226 e. The summed E-state index contributed by atoms with van der Waals surface area (Å²) in [7, 11) is 0. The van der Waals surface area contributed by atoms with E-state index < -0.39 is 0 Å². The van der Waals surface area contributed by atoms with Crippen LogP contribution in [-0.4, -0.2) is 18.5 Å². The van der Waals surface area contributed by atoms with E-state index in [1.807, 2.05) is 6.07 Å². The van der Waals surface area contributed by atoms with Gasteiger partial charge in [0.25, 0.3) is 0 Å². The molecule has 0 bridgehead atoms. The predicted molar refractivity (Wildman–Crippen MR) is 74.0 cm³/mol. The zero-order chi connectivity index (χ0) is 13.1. The van der Waals surface area contributed by atoms with E-state index in [9.17, 15) is 4.79 Å². The summed E-state index contributed by atoms with van der Waals surface area (Å²) in [6, 6.07) is 5.35. The van der Waals surface area contributed by atoms with Crippen LogP contribution >= 0.6 is 23.2 Å². The van der Waals surface area contributed by atoms with Gasteiger partial charge in [-0.1, -0.05) is 35.7 Å². The molecule has 0 unspecified atom stereocenters. The van der Waals surface area contributed by atoms with Crippen LogP contribution < -0.4 is 11.1 Å². The Labute approximate surface area is 117 Å². The Bertz CT molecular complexity index is 445. The highest BCUT2D eigenvalue weighted by molar-refractivity contribution is 6.42. The van der Waals surface area contributed by atoms with Crippen LogP contribution in [0.1, 0.15) is 30.7 Å². The first kappa shape index (κ1) is 13.7. The van der Waals surface area contributed by atoms with Crippen molar-refractivity contribution in [3.63, 3.8) is 0 Å². The number of hydrogen-bond acceptors (Lipinski definition) is 2. The number of nitrogens with one attached hydrogen (secondary N) is 1. The van der Waals surface area contributed by atoms with E-state index in [-0.39, 0.29) is 17.9 Å². The minimum absolute atomic E-state index is 0.0912. The lowest BCUT2D eigenvalue weighted by Crippen LogP contribution is -2.43. The average molecular weight is 287 g/mol. The Hall–Kier alpha value is -0.770. The first-order valence-corrected chi connectivity index (χ1v) is 6.83. The van der Waals surface area contributed by atoms with Crippen molar-refractivity contribution in [2.24, 2.45) is 5.73 Å². The Kier molecular flexibility index (Phi) is 4.49. The second-order valence-corrected chi connectivity index (χ2v) is 5.42. The maximum Gasteiger partial charge on any atom is 0.226 e. The van der Waals surface area contributed by atoms with Gasteiger partial charge >= 0.3 is 0 Å². The maximum atomic E-state index is 11.7. The molecule has 3 N–H and O–H groups in total. The van der Waals surface area contributed by atoms with Gasteiger partial charge in [0.2, 0.25) is 5.91 Å². The number of piperidine rings is 1. The van der Waals surface area contributed by atoms with Gasteiger partial charge in [0.15, 0.2) is 0 Å². The third-order valence-corrected chi connectivity index (χ3v) is 4.10. The molecule has 18 heavy (non-hydrogen) atoms. The molecule has 3 nitrogen and oxygen atoms in total. The number of primary amides is 1. The van der Waals surface area contributed by atoms with Gasteiger partial charge in [0.1, 0.15) is 0 Å². The molecule has 1 fully saturated rings. The standard InChI is InChI=1S/C13H16Cl2N2O/c14-9-5-4-8(7-10(9)15)12(13(16)18)11-3-1-2-6-17-11/h4-5,7,11-12,17H,1-3,6H2,(H2,16,18)/t11-,12+/m1/s1. The summed E-state index contributed by atoms with van der Waals surface area (Å²) >= 11 is 11.9. The van der Waals surface area contributed by atoms with Crippen molar-refractivity contribution < 1.29 is 4.79 Å². The van der Waals surface area contributed by atoms with Gasteiger partial charge in [0.05, 0.1) is 16.0 Å². The molecule has 1 aliphatic rings. The third-order valence-electron chi connectivity index (χ3n) is 3.36. The van der Waals surface area contributed by atoms with Crippen molar-refractivity contribution in [3.8, 4) is 0 Å². The predicted octanol–water partition coefficient (Wildman–Crippen LogP) is 2.70. The van der Waals surface area contributed by atoms with Crippen LogP contribution in [0.25, 0.3) is 0 Å². The highest BCUT2D eigenvalue weighted by Crippen LogP contribution is 2.30. The van der Waals surface area contributed by atoms with Crippen molar-refractivity contribution in [2.45, 2.75) is 31.2 Å². The van der Waals surface area contributed by atoms with Crippen LogP contribution in [0.5, 0.6) is 0 Å². The zero-order valence-corrected chi connectivity index (χ0v) is 11.5. The van der Waals surface area contributed by atoms with Crippen molar-refractivity contribution >= 4 is 29.1 Å². The van der Waals surface area contributed by atoms with Crippen LogP contribution in [0.2, 0.25) is 10.0 Å². The number of carbonyl (C=O) groups is 1. The molecule has 1 saturated heterocycles. The van der Waals surface area contributed by atoms with E-state index in [0.29, 0.717) is 10.0 Å². The van der Waals surface area contributed by atoms with Gasteiger partial charge < -0.3 is 11.1 Å². The first-order valence-electron chi connectivity index (χ1n) is 6.07. The fourth-order valence-corrected chi connectivity index (χ4v) is 2.77. The SMILES string of the molecule is NC(=O)[C@@H](c1ccc(Cl)c(Cl)c1)[C@H]1CCCCN1. The van der Waals surface area contributed by atoms with Crippen molar-refractivity contribution in [2.75, 3.05) is 6.54 Å². The second kappa shape index (κ2) is 5.91. The van der Waals surface area contributed by atoms with E-state index >= 15 is 0 Å². The van der Waals surface area contributed by atoms with E-state index in [2.05, 4.69) is 5.32 Å². The quantitative estimate of drug-likeness (QED) is 0.898. The molecule has 2 rings (SSSR count). The van der Waals surface area contributed by atoms with E-state index in [0.717, 1.165) is 31.4 Å². The molecule has 1 aliphatic heterocycles. The number of nitrogens with two attached hydrogens (primary N) is 1. The van der Waals surface area contributed by atoms with Crippen molar-refractivity contribution in [1.82, 2.24) is 5.32 Å². The number of benzene rings is 1. The average Bonchev–Trinajstić information content (AvgIpc) is 2.35. The summed E-state index contributed by atoms with van der Waals surface area (Å²) in [4.78, 5) is 11.7. The Morgan fingerprint density at radius 1 is 1.33 bits per heavy atom. The molecule has 98 valence electrons. The van der Waals surface area contributed by atoms with Crippen LogP contribution in [0.4, 0.5) is 0 Å². The van der Waals surface area contributed by atoms with Gasteiger partial charge in [-0.15, -0.1) is 0 Å². The number of carbonyl (C=O) groups excluding carboxylic acids is 1. The van der Waals surface area contributed by atoms with Crippen molar-refractivity contribution in [3.05, 3.63) is 33.8 Å². The third kappa shape index (κ3) is 2.97. The van der Waals surface area contributed by atoms with Crippen LogP contribution in [-0.2, 0) is 4.79 Å². The number of rotatable bonds is 3. The van der Waals surface area contributed by atoms with Gasteiger partial charge in [0, 0.05) is 6.04 Å². The summed E-state index contributed by atoms with van der Waals surface area (Å²) in [6.45, 7) is 0.926. The van der Waals surface area contributed by atoms with Crippen LogP contribution in [0, 0.1) is 0 Å². The first-order chi connectivity index (χ1) is 8.59. The fourth-order valence-electron chi connectivity index (χ4n) is 2.46. The van der Waals surface area contributed by atoms with Crippen LogP contribution in [0.3, 0.4) is 0 Å². The van der Waals surface area contributed by atoms with Crippen LogP contribution in [0.15, 0.2) is 18.2 Å². The monoisotopic (exact) mass is 286 g/mol. The van der Waals surface area contributed by atoms with E-state index in [4.69, 9.17) is 28.9 Å². The lowest BCUT2D eigenvalue weighted by molar-refractivity contribution is -0.120. The highest BCUT2D eigenvalue weighted by Gasteiger charge is 2.29. The number of halogens is 2. The van der Waals surface area contributed by atoms with E-state index in [1.54, 1.807) is 12.1 Å². The minimum Gasteiger partial charge on any atom is -0.369 e. The van der Waals surface area contributed by atoms with Gasteiger partial charge in [-0.25, -0.2) is 0 Å². The summed E-state index contributed by atoms with van der Waals surface area (Å²) < 4.78 is 0. The minimum atomic E-state index is -0.347. The number of hydrogen-bond donors (Lipinski definition) is 2. The normalized spacial score (nSPS) is 21.6.